The maximum atomic E-state index is 13.0. The van der Waals surface area contributed by atoms with Crippen LogP contribution in [0.25, 0.3) is 22.1 Å². The molecule has 33 heavy (non-hydrogen) atoms. The lowest BCUT2D eigenvalue weighted by Crippen LogP contribution is -2.34. The number of hydrogen-bond donors (Lipinski definition) is 2. The minimum Gasteiger partial charge on any atom is -0.497 e. The third-order valence-corrected chi connectivity index (χ3v) is 6.68. The van der Waals surface area contributed by atoms with Gasteiger partial charge in [-0.25, -0.2) is 13.1 Å². The Morgan fingerprint density at radius 3 is 2.39 bits per heavy atom. The minimum atomic E-state index is -3.66. The summed E-state index contributed by atoms with van der Waals surface area (Å²) in [6, 6.07) is 21.4. The quantitative estimate of drug-likeness (QED) is 0.382. The zero-order chi connectivity index (χ0) is 23.4. The Hall–Kier alpha value is -3.62. The molecule has 0 aliphatic rings. The minimum absolute atomic E-state index is 0.0384. The van der Waals surface area contributed by atoms with Gasteiger partial charge in [0, 0.05) is 30.1 Å². The summed E-state index contributed by atoms with van der Waals surface area (Å²) >= 11 is 0. The molecule has 1 aromatic heterocycles. The molecule has 3 aromatic carbocycles. The number of rotatable bonds is 8. The van der Waals surface area contributed by atoms with Crippen LogP contribution in [0.5, 0.6) is 5.75 Å². The van der Waals surface area contributed by atoms with E-state index in [1.807, 2.05) is 49.4 Å². The fraction of sp³-hybridized carbons (Fsp3) is 0.160. The molecule has 0 spiro atoms. The van der Waals surface area contributed by atoms with Crippen LogP contribution in [-0.2, 0) is 10.0 Å². The number of benzene rings is 3. The average Bonchev–Trinajstić information content (AvgIpc) is 3.21. The summed E-state index contributed by atoms with van der Waals surface area (Å²) in [6.07, 6.45) is 0. The molecule has 2 N–H and O–H groups in total. The van der Waals surface area contributed by atoms with Gasteiger partial charge in [-0.05, 0) is 36.8 Å². The van der Waals surface area contributed by atoms with Crippen molar-refractivity contribution in [2.45, 2.75) is 11.8 Å². The number of sulfonamides is 1. The van der Waals surface area contributed by atoms with E-state index < -0.39 is 15.9 Å². The van der Waals surface area contributed by atoms with Crippen molar-refractivity contribution in [2.24, 2.45) is 0 Å². The lowest BCUT2D eigenvalue weighted by Gasteiger charge is -2.08. The van der Waals surface area contributed by atoms with E-state index in [1.165, 1.54) is 0 Å². The first kappa shape index (κ1) is 22.6. The number of carbonyl (C=O) groups excluding carboxylic acids is 1. The number of methoxy groups -OCH3 is 1. The van der Waals surface area contributed by atoms with Gasteiger partial charge in [0.15, 0.2) is 0 Å². The summed E-state index contributed by atoms with van der Waals surface area (Å²) in [5.41, 5.74) is 3.01. The fourth-order valence-corrected chi connectivity index (χ4v) is 4.53. The van der Waals surface area contributed by atoms with Gasteiger partial charge in [0.1, 0.15) is 11.3 Å². The Kier molecular flexibility index (Phi) is 6.48. The number of fused-ring (bicyclic) bond motifs is 1. The zero-order valence-electron chi connectivity index (χ0n) is 18.3. The summed E-state index contributed by atoms with van der Waals surface area (Å²) in [7, 11) is -2.09. The van der Waals surface area contributed by atoms with Crippen LogP contribution in [0.2, 0.25) is 0 Å². The summed E-state index contributed by atoms with van der Waals surface area (Å²) < 4.78 is 38.5. The number of carbonyl (C=O) groups is 1. The van der Waals surface area contributed by atoms with E-state index in [-0.39, 0.29) is 23.7 Å². The Morgan fingerprint density at radius 2 is 1.70 bits per heavy atom. The summed E-state index contributed by atoms with van der Waals surface area (Å²) in [5, 5.41) is 3.53. The van der Waals surface area contributed by atoms with E-state index in [0.717, 1.165) is 16.5 Å². The first-order valence-corrected chi connectivity index (χ1v) is 11.9. The molecule has 0 bridgehead atoms. The van der Waals surface area contributed by atoms with E-state index in [1.54, 1.807) is 37.4 Å². The highest BCUT2D eigenvalue weighted by molar-refractivity contribution is 7.89. The summed E-state index contributed by atoms with van der Waals surface area (Å²) in [4.78, 5) is 13.2. The number of ether oxygens (including phenoxy) is 1. The van der Waals surface area contributed by atoms with Crippen molar-refractivity contribution in [3.8, 4) is 16.9 Å². The van der Waals surface area contributed by atoms with Gasteiger partial charge in [-0.15, -0.1) is 0 Å². The van der Waals surface area contributed by atoms with Gasteiger partial charge in [0.25, 0.3) is 5.91 Å². The lowest BCUT2D eigenvalue weighted by molar-refractivity contribution is 0.0929. The van der Waals surface area contributed by atoms with Crippen LogP contribution in [0.4, 0.5) is 0 Å². The highest BCUT2D eigenvalue weighted by atomic mass is 32.2. The predicted molar refractivity (Wildman–Crippen MR) is 127 cm³/mol. The summed E-state index contributed by atoms with van der Waals surface area (Å²) in [5.74, 6) is 0.345. The van der Waals surface area contributed by atoms with Crippen LogP contribution in [-0.4, -0.2) is 34.5 Å². The number of nitrogens with one attached hydrogen (secondary N) is 2. The van der Waals surface area contributed by atoms with Crippen LogP contribution < -0.4 is 14.8 Å². The van der Waals surface area contributed by atoms with Crippen molar-refractivity contribution >= 4 is 26.9 Å². The van der Waals surface area contributed by atoms with Gasteiger partial charge in [0.05, 0.1) is 12.0 Å². The van der Waals surface area contributed by atoms with Crippen molar-refractivity contribution in [1.29, 1.82) is 0 Å². The van der Waals surface area contributed by atoms with Gasteiger partial charge in [-0.1, -0.05) is 48.0 Å². The third-order valence-electron chi connectivity index (χ3n) is 5.20. The molecule has 0 aliphatic heterocycles. The van der Waals surface area contributed by atoms with Crippen molar-refractivity contribution < 1.29 is 22.4 Å². The molecule has 0 unspecified atom stereocenters. The molecule has 4 aromatic rings. The van der Waals surface area contributed by atoms with Crippen molar-refractivity contribution in [3.63, 3.8) is 0 Å². The van der Waals surface area contributed by atoms with Crippen LogP contribution in [0.3, 0.4) is 0 Å². The average molecular weight is 465 g/mol. The molecule has 170 valence electrons. The maximum Gasteiger partial charge on any atom is 0.287 e. The molecule has 1 heterocycles. The first-order valence-electron chi connectivity index (χ1n) is 10.4. The molecule has 0 aliphatic carbocycles. The molecule has 0 fully saturated rings. The molecule has 7 nitrogen and oxygen atoms in total. The molecular weight excluding hydrogens is 440 g/mol. The molecule has 0 saturated heterocycles. The third kappa shape index (κ3) is 4.92. The molecular formula is C25H24N2O5S. The van der Waals surface area contributed by atoms with Gasteiger partial charge < -0.3 is 14.5 Å². The first-order chi connectivity index (χ1) is 15.9. The van der Waals surface area contributed by atoms with Crippen molar-refractivity contribution in [2.75, 3.05) is 20.2 Å². The second-order valence-electron chi connectivity index (χ2n) is 7.50. The molecule has 4 rings (SSSR count). The Labute approximate surface area is 192 Å². The van der Waals surface area contributed by atoms with Crippen LogP contribution in [0.15, 0.2) is 82.1 Å². The van der Waals surface area contributed by atoms with Gasteiger partial charge in [-0.3, -0.25) is 4.79 Å². The van der Waals surface area contributed by atoms with Gasteiger partial charge in [0.2, 0.25) is 15.8 Å². The maximum absolute atomic E-state index is 13.0. The van der Waals surface area contributed by atoms with E-state index in [0.29, 0.717) is 16.9 Å². The Bertz CT molecular complexity index is 1380. The second kappa shape index (κ2) is 9.48. The topological polar surface area (TPSA) is 97.6 Å². The molecule has 0 atom stereocenters. The van der Waals surface area contributed by atoms with Crippen LogP contribution in [0, 0.1) is 6.92 Å². The fourth-order valence-electron chi connectivity index (χ4n) is 3.50. The van der Waals surface area contributed by atoms with Crippen LogP contribution in [0.1, 0.15) is 16.1 Å². The van der Waals surface area contributed by atoms with E-state index >= 15 is 0 Å². The second-order valence-corrected chi connectivity index (χ2v) is 9.27. The number of amides is 1. The number of hydrogen-bond acceptors (Lipinski definition) is 5. The normalized spacial score (nSPS) is 11.5. The number of aryl methyl sites for hydroxylation is 1. The summed E-state index contributed by atoms with van der Waals surface area (Å²) in [6.45, 7) is 2.02. The largest absolute Gasteiger partial charge is 0.497 e. The van der Waals surface area contributed by atoms with Crippen LogP contribution >= 0.6 is 0 Å². The smallest absolute Gasteiger partial charge is 0.287 e. The van der Waals surface area contributed by atoms with E-state index in [9.17, 15) is 13.2 Å². The highest BCUT2D eigenvalue weighted by Gasteiger charge is 2.22. The van der Waals surface area contributed by atoms with E-state index in [2.05, 4.69) is 10.0 Å². The lowest BCUT2D eigenvalue weighted by atomic mass is 10.0. The Morgan fingerprint density at radius 1 is 0.970 bits per heavy atom. The monoisotopic (exact) mass is 464 g/mol. The SMILES string of the molecule is COc1ccc2c(-c3ccccc3)c(C(=O)NCCNS(=O)(=O)c3ccc(C)cc3)oc2c1. The predicted octanol–water partition coefficient (Wildman–Crippen LogP) is 4.13. The number of furan rings is 1. The molecule has 8 heteroatoms. The zero-order valence-corrected chi connectivity index (χ0v) is 19.1. The highest BCUT2D eigenvalue weighted by Crippen LogP contribution is 2.36. The van der Waals surface area contributed by atoms with Crippen molar-refractivity contribution in [1.82, 2.24) is 10.0 Å². The van der Waals surface area contributed by atoms with Gasteiger partial charge >= 0.3 is 0 Å². The van der Waals surface area contributed by atoms with Crippen molar-refractivity contribution in [3.05, 3.63) is 84.1 Å². The molecule has 1 amide bonds. The Balaban J connectivity index is 1.51. The molecule has 0 radical (unpaired) electrons. The van der Waals surface area contributed by atoms with E-state index in [4.69, 9.17) is 9.15 Å². The van der Waals surface area contributed by atoms with Gasteiger partial charge in [-0.2, -0.15) is 0 Å². The standard InChI is InChI=1S/C25H24N2O5S/c1-17-8-11-20(12-9-17)33(29,30)27-15-14-26-25(28)24-23(18-6-4-3-5-7-18)21-13-10-19(31-2)16-22(21)32-24/h3-13,16,27H,14-15H2,1-2H3,(H,26,28). The molecule has 0 saturated carbocycles.